The fourth-order valence-electron chi connectivity index (χ4n) is 0.979. The van der Waals surface area contributed by atoms with Gasteiger partial charge in [-0.2, -0.15) is 5.26 Å². The summed E-state index contributed by atoms with van der Waals surface area (Å²) in [5.74, 6) is 5.83. The molecule has 0 aromatic heterocycles. The third-order valence-corrected chi connectivity index (χ3v) is 2.75. The van der Waals surface area contributed by atoms with Gasteiger partial charge in [0.05, 0.1) is 17.4 Å². The van der Waals surface area contributed by atoms with Crippen molar-refractivity contribution in [1.82, 2.24) is 5.43 Å². The lowest BCUT2D eigenvalue weighted by Crippen LogP contribution is -2.31. The fourth-order valence-corrected chi connectivity index (χ4v) is 1.78. The highest BCUT2D eigenvalue weighted by Crippen LogP contribution is 2.12. The van der Waals surface area contributed by atoms with Crippen molar-refractivity contribution in [2.75, 3.05) is 5.75 Å². The summed E-state index contributed by atoms with van der Waals surface area (Å²) in [5, 5.41) is 8.59. The van der Waals surface area contributed by atoms with Gasteiger partial charge in [-0.1, -0.05) is 12.1 Å². The summed E-state index contributed by atoms with van der Waals surface area (Å²) in [6, 6.07) is 9.34. The second-order valence-corrected chi connectivity index (χ2v) is 3.85. The van der Waals surface area contributed by atoms with Gasteiger partial charge in [0.1, 0.15) is 0 Å². The van der Waals surface area contributed by atoms with E-state index in [0.29, 0.717) is 11.3 Å². The van der Waals surface area contributed by atoms with E-state index in [0.717, 1.165) is 11.3 Å². The molecule has 1 amide bonds. The summed E-state index contributed by atoms with van der Waals surface area (Å²) in [7, 11) is 0. The average Bonchev–Trinajstić information content (AvgIpc) is 2.29. The van der Waals surface area contributed by atoms with Gasteiger partial charge in [0.15, 0.2) is 0 Å². The van der Waals surface area contributed by atoms with Gasteiger partial charge in [-0.05, 0) is 17.7 Å². The van der Waals surface area contributed by atoms with E-state index in [-0.39, 0.29) is 5.91 Å². The molecule has 15 heavy (non-hydrogen) atoms. The maximum Gasteiger partial charge on any atom is 0.243 e. The minimum absolute atomic E-state index is 0.186. The normalized spacial score (nSPS) is 9.33. The number of nitrogens with two attached hydrogens (primary N) is 1. The second kappa shape index (κ2) is 6.06. The Morgan fingerprint density at radius 1 is 1.47 bits per heavy atom. The van der Waals surface area contributed by atoms with E-state index in [9.17, 15) is 4.79 Å². The molecule has 3 N–H and O–H groups in total. The molecule has 0 aliphatic rings. The molecule has 0 atom stereocenters. The molecule has 5 heteroatoms. The number of carbonyl (C=O) groups is 1. The summed E-state index contributed by atoms with van der Waals surface area (Å²) in [5.41, 5.74) is 3.80. The van der Waals surface area contributed by atoms with Gasteiger partial charge in [-0.25, -0.2) is 5.84 Å². The number of nitrogens with one attached hydrogen (secondary N) is 1. The van der Waals surface area contributed by atoms with Crippen molar-refractivity contribution in [1.29, 1.82) is 5.26 Å². The number of hydrogen-bond donors (Lipinski definition) is 2. The molecule has 4 nitrogen and oxygen atoms in total. The predicted molar refractivity (Wildman–Crippen MR) is 59.6 cm³/mol. The van der Waals surface area contributed by atoms with Gasteiger partial charge in [-0.15, -0.1) is 11.8 Å². The standard InChI is InChI=1S/C10H11N3OS/c11-5-8-1-3-9(4-2-8)6-15-7-10(14)13-12/h1-4H,6-7,12H2,(H,13,14). The zero-order valence-corrected chi connectivity index (χ0v) is 8.88. The molecule has 1 aromatic carbocycles. The van der Waals surface area contributed by atoms with E-state index < -0.39 is 0 Å². The van der Waals surface area contributed by atoms with Gasteiger partial charge in [0.25, 0.3) is 0 Å². The number of carbonyl (C=O) groups excluding carboxylic acids is 1. The number of hydrogen-bond acceptors (Lipinski definition) is 4. The number of nitrogens with zero attached hydrogens (tertiary/aromatic N) is 1. The summed E-state index contributed by atoms with van der Waals surface area (Å²) in [6.45, 7) is 0. The van der Waals surface area contributed by atoms with E-state index in [2.05, 4.69) is 11.5 Å². The second-order valence-electron chi connectivity index (χ2n) is 2.87. The van der Waals surface area contributed by atoms with Crippen molar-refractivity contribution >= 4 is 17.7 Å². The Morgan fingerprint density at radius 3 is 2.67 bits per heavy atom. The highest BCUT2D eigenvalue weighted by molar-refractivity contribution is 7.99. The van der Waals surface area contributed by atoms with Crippen LogP contribution in [-0.2, 0) is 10.5 Å². The smallest absolute Gasteiger partial charge is 0.243 e. The fraction of sp³-hybridized carbons (Fsp3) is 0.200. The molecule has 1 rings (SSSR count). The largest absolute Gasteiger partial charge is 0.294 e. The number of benzene rings is 1. The lowest BCUT2D eigenvalue weighted by atomic mass is 10.2. The van der Waals surface area contributed by atoms with Gasteiger partial charge < -0.3 is 0 Å². The van der Waals surface area contributed by atoms with Gasteiger partial charge in [0, 0.05) is 5.75 Å². The molecular formula is C10H11N3OS. The molecule has 0 aliphatic carbocycles. The minimum atomic E-state index is -0.186. The van der Waals surface area contributed by atoms with Crippen LogP contribution in [0.15, 0.2) is 24.3 Å². The molecule has 0 fully saturated rings. The third kappa shape index (κ3) is 4.02. The van der Waals surface area contributed by atoms with Crippen LogP contribution < -0.4 is 11.3 Å². The molecule has 0 spiro atoms. The predicted octanol–water partition coefficient (Wildman–Crippen LogP) is 0.781. The van der Waals surface area contributed by atoms with Crippen LogP contribution in [-0.4, -0.2) is 11.7 Å². The molecule has 0 heterocycles. The molecule has 0 radical (unpaired) electrons. The molecule has 0 bridgehead atoms. The number of nitriles is 1. The van der Waals surface area contributed by atoms with Crippen LogP contribution in [0.5, 0.6) is 0 Å². The first kappa shape index (κ1) is 11.6. The summed E-state index contributed by atoms with van der Waals surface area (Å²) in [4.78, 5) is 10.8. The first-order valence-corrected chi connectivity index (χ1v) is 5.48. The zero-order chi connectivity index (χ0) is 11.1. The number of rotatable bonds is 4. The van der Waals surface area contributed by atoms with Crippen LogP contribution in [0.1, 0.15) is 11.1 Å². The van der Waals surface area contributed by atoms with Crippen molar-refractivity contribution in [2.24, 2.45) is 5.84 Å². The molecule has 0 aliphatic heterocycles. The third-order valence-electron chi connectivity index (χ3n) is 1.75. The lowest BCUT2D eigenvalue weighted by molar-refractivity contribution is -0.118. The van der Waals surface area contributed by atoms with Gasteiger partial charge >= 0.3 is 0 Å². The van der Waals surface area contributed by atoms with E-state index >= 15 is 0 Å². The summed E-state index contributed by atoms with van der Waals surface area (Å²) >= 11 is 1.48. The molecular weight excluding hydrogens is 210 g/mol. The Bertz CT molecular complexity index is 369. The number of thioether (sulfide) groups is 1. The van der Waals surface area contributed by atoms with Crippen LogP contribution in [0, 0.1) is 11.3 Å². The Balaban J connectivity index is 2.38. The van der Waals surface area contributed by atoms with Crippen molar-refractivity contribution in [3.63, 3.8) is 0 Å². The summed E-state index contributed by atoms with van der Waals surface area (Å²) in [6.07, 6.45) is 0. The highest BCUT2D eigenvalue weighted by Gasteiger charge is 1.99. The zero-order valence-electron chi connectivity index (χ0n) is 8.06. The molecule has 0 saturated heterocycles. The van der Waals surface area contributed by atoms with E-state index in [1.807, 2.05) is 12.1 Å². The van der Waals surface area contributed by atoms with Crippen molar-refractivity contribution < 1.29 is 4.79 Å². The van der Waals surface area contributed by atoms with Crippen LogP contribution in [0.4, 0.5) is 0 Å². The SMILES string of the molecule is N#Cc1ccc(CSCC(=O)NN)cc1. The van der Waals surface area contributed by atoms with Gasteiger partial charge in [-0.3, -0.25) is 10.2 Å². The van der Waals surface area contributed by atoms with E-state index in [1.54, 1.807) is 12.1 Å². The van der Waals surface area contributed by atoms with Crippen LogP contribution in [0.25, 0.3) is 0 Å². The molecule has 0 saturated carbocycles. The maximum atomic E-state index is 10.8. The topological polar surface area (TPSA) is 78.9 Å². The minimum Gasteiger partial charge on any atom is -0.294 e. The quantitative estimate of drug-likeness (QED) is 0.447. The van der Waals surface area contributed by atoms with Crippen LogP contribution >= 0.6 is 11.8 Å². The Labute approximate surface area is 92.4 Å². The Hall–Kier alpha value is -1.51. The van der Waals surface area contributed by atoms with Crippen LogP contribution in [0.2, 0.25) is 0 Å². The molecule has 1 aromatic rings. The van der Waals surface area contributed by atoms with E-state index in [1.165, 1.54) is 11.8 Å². The Kier molecular flexibility index (Phi) is 4.68. The number of amides is 1. The van der Waals surface area contributed by atoms with Crippen molar-refractivity contribution in [3.05, 3.63) is 35.4 Å². The van der Waals surface area contributed by atoms with Crippen LogP contribution in [0.3, 0.4) is 0 Å². The maximum absolute atomic E-state index is 10.8. The first-order valence-electron chi connectivity index (χ1n) is 4.32. The van der Waals surface area contributed by atoms with Crippen molar-refractivity contribution in [3.8, 4) is 6.07 Å². The highest BCUT2D eigenvalue weighted by atomic mass is 32.2. The van der Waals surface area contributed by atoms with E-state index in [4.69, 9.17) is 11.1 Å². The monoisotopic (exact) mass is 221 g/mol. The summed E-state index contributed by atoms with van der Waals surface area (Å²) < 4.78 is 0. The number of hydrazine groups is 1. The molecule has 0 unspecified atom stereocenters. The van der Waals surface area contributed by atoms with Crippen molar-refractivity contribution in [2.45, 2.75) is 5.75 Å². The lowest BCUT2D eigenvalue weighted by Gasteiger charge is -2.01. The molecule has 78 valence electrons. The first-order chi connectivity index (χ1) is 7.26. The Morgan fingerprint density at radius 2 is 2.13 bits per heavy atom. The average molecular weight is 221 g/mol. The van der Waals surface area contributed by atoms with Gasteiger partial charge in [0.2, 0.25) is 5.91 Å².